The van der Waals surface area contributed by atoms with E-state index >= 15 is 0 Å². The minimum atomic E-state index is -4.35. The average Bonchev–Trinajstić information content (AvgIpc) is 2.99. The minimum absolute atomic E-state index is 0.380. The summed E-state index contributed by atoms with van der Waals surface area (Å²) in [6.45, 7) is 5.16. The van der Waals surface area contributed by atoms with Crippen LogP contribution >= 0.6 is 0 Å². The van der Waals surface area contributed by atoms with Crippen LogP contribution in [0.15, 0.2) is 30.5 Å². The van der Waals surface area contributed by atoms with E-state index in [4.69, 9.17) is 4.74 Å². The van der Waals surface area contributed by atoms with Gasteiger partial charge in [0.05, 0.1) is 17.7 Å². The van der Waals surface area contributed by atoms with Gasteiger partial charge in [-0.3, -0.25) is 4.98 Å². The van der Waals surface area contributed by atoms with Crippen molar-refractivity contribution < 1.29 is 17.9 Å². The Kier molecular flexibility index (Phi) is 4.43. The van der Waals surface area contributed by atoms with E-state index in [9.17, 15) is 13.2 Å². The molecule has 0 amide bonds. The first-order chi connectivity index (χ1) is 11.0. The molecule has 1 unspecified atom stereocenters. The van der Waals surface area contributed by atoms with Crippen LogP contribution in [-0.4, -0.2) is 31.3 Å². The molecule has 0 aliphatic carbocycles. The Hall–Kier alpha value is -1.82. The van der Waals surface area contributed by atoms with Crippen molar-refractivity contribution in [2.45, 2.75) is 19.5 Å². The third kappa shape index (κ3) is 3.42. The number of anilines is 1. The summed E-state index contributed by atoms with van der Waals surface area (Å²) in [5.74, 6) is 0.465. The highest BCUT2D eigenvalue weighted by Crippen LogP contribution is 2.34. The van der Waals surface area contributed by atoms with Gasteiger partial charge in [0, 0.05) is 42.9 Å². The summed E-state index contributed by atoms with van der Waals surface area (Å²) in [5, 5.41) is 0.762. The number of hydrogen-bond acceptors (Lipinski definition) is 3. The fraction of sp³-hybridized carbons (Fsp3) is 0.471. The molecule has 2 aromatic rings. The molecule has 1 aromatic carbocycles. The van der Waals surface area contributed by atoms with Crippen LogP contribution in [0.5, 0.6) is 0 Å². The Labute approximate surface area is 133 Å². The van der Waals surface area contributed by atoms with Gasteiger partial charge in [-0.15, -0.1) is 0 Å². The lowest BCUT2D eigenvalue weighted by Crippen LogP contribution is -2.21. The summed E-state index contributed by atoms with van der Waals surface area (Å²) in [4.78, 5) is 6.31. The number of halogens is 3. The molecule has 23 heavy (non-hydrogen) atoms. The molecule has 124 valence electrons. The van der Waals surface area contributed by atoms with Gasteiger partial charge in [0.15, 0.2) is 0 Å². The van der Waals surface area contributed by atoms with E-state index in [1.54, 1.807) is 6.20 Å². The van der Waals surface area contributed by atoms with E-state index in [1.807, 2.05) is 13.0 Å². The molecule has 0 radical (unpaired) electrons. The summed E-state index contributed by atoms with van der Waals surface area (Å²) in [7, 11) is 0. The highest BCUT2D eigenvalue weighted by molar-refractivity contribution is 5.92. The largest absolute Gasteiger partial charge is 0.416 e. The van der Waals surface area contributed by atoms with Crippen LogP contribution in [0.3, 0.4) is 0 Å². The third-order valence-electron chi connectivity index (χ3n) is 4.23. The maximum Gasteiger partial charge on any atom is 0.416 e. The summed E-state index contributed by atoms with van der Waals surface area (Å²) < 4.78 is 44.0. The van der Waals surface area contributed by atoms with Crippen LogP contribution in [0, 0.1) is 5.92 Å². The maximum absolute atomic E-state index is 12.8. The molecule has 3 nitrogen and oxygen atoms in total. The van der Waals surface area contributed by atoms with Crippen molar-refractivity contribution in [3.8, 4) is 0 Å². The fourth-order valence-electron chi connectivity index (χ4n) is 3.06. The van der Waals surface area contributed by atoms with E-state index in [2.05, 4.69) is 9.88 Å². The van der Waals surface area contributed by atoms with Crippen molar-refractivity contribution in [3.63, 3.8) is 0 Å². The first kappa shape index (κ1) is 16.1. The number of ether oxygens (including phenoxy) is 1. The van der Waals surface area contributed by atoms with Gasteiger partial charge in [-0.2, -0.15) is 13.2 Å². The number of alkyl halides is 3. The highest BCUT2D eigenvalue weighted by atomic mass is 19.4. The van der Waals surface area contributed by atoms with Crippen molar-refractivity contribution in [2.75, 3.05) is 31.2 Å². The molecule has 1 atom stereocenters. The Morgan fingerprint density at radius 2 is 2.13 bits per heavy atom. The van der Waals surface area contributed by atoms with Crippen molar-refractivity contribution in [1.29, 1.82) is 0 Å². The summed E-state index contributed by atoms with van der Waals surface area (Å²) >= 11 is 0. The molecular weight excluding hydrogens is 305 g/mol. The van der Waals surface area contributed by atoms with Crippen LogP contribution < -0.4 is 4.90 Å². The van der Waals surface area contributed by atoms with Gasteiger partial charge in [0.2, 0.25) is 0 Å². The molecule has 0 saturated carbocycles. The highest BCUT2D eigenvalue weighted by Gasteiger charge is 2.31. The first-order valence-electron chi connectivity index (χ1n) is 7.77. The Morgan fingerprint density at radius 1 is 1.30 bits per heavy atom. The van der Waals surface area contributed by atoms with Crippen LogP contribution in [0.25, 0.3) is 10.9 Å². The van der Waals surface area contributed by atoms with E-state index in [0.29, 0.717) is 18.0 Å². The van der Waals surface area contributed by atoms with Gasteiger partial charge >= 0.3 is 6.18 Å². The molecule has 2 heterocycles. The molecule has 0 bridgehead atoms. The SMILES string of the molecule is CCOCC1CCN(c2ccnc3cc(C(F)(F)F)ccc23)C1. The van der Waals surface area contributed by atoms with Crippen LogP contribution in [0.4, 0.5) is 18.9 Å². The van der Waals surface area contributed by atoms with Crippen molar-refractivity contribution in [2.24, 2.45) is 5.92 Å². The minimum Gasteiger partial charge on any atom is -0.381 e. The van der Waals surface area contributed by atoms with E-state index in [-0.39, 0.29) is 0 Å². The lowest BCUT2D eigenvalue weighted by atomic mass is 10.1. The number of rotatable bonds is 4. The van der Waals surface area contributed by atoms with Crippen molar-refractivity contribution >= 4 is 16.6 Å². The van der Waals surface area contributed by atoms with E-state index < -0.39 is 11.7 Å². The number of benzene rings is 1. The lowest BCUT2D eigenvalue weighted by Gasteiger charge is -2.21. The zero-order valence-corrected chi connectivity index (χ0v) is 12.9. The Balaban J connectivity index is 1.87. The predicted octanol–water partition coefficient (Wildman–Crippen LogP) is 4.12. The molecule has 0 spiro atoms. The predicted molar refractivity (Wildman–Crippen MR) is 83.6 cm³/mol. The van der Waals surface area contributed by atoms with Gasteiger partial charge in [-0.25, -0.2) is 0 Å². The quantitative estimate of drug-likeness (QED) is 0.846. The summed E-state index contributed by atoms with van der Waals surface area (Å²) in [6.07, 6.45) is -1.74. The number of fused-ring (bicyclic) bond motifs is 1. The van der Waals surface area contributed by atoms with Crippen LogP contribution in [-0.2, 0) is 10.9 Å². The number of nitrogens with zero attached hydrogens (tertiary/aromatic N) is 2. The molecular formula is C17H19F3N2O. The third-order valence-corrected chi connectivity index (χ3v) is 4.23. The van der Waals surface area contributed by atoms with Crippen molar-refractivity contribution in [3.05, 3.63) is 36.0 Å². The van der Waals surface area contributed by atoms with Gasteiger partial charge < -0.3 is 9.64 Å². The van der Waals surface area contributed by atoms with E-state index in [1.165, 1.54) is 6.07 Å². The van der Waals surface area contributed by atoms with Gasteiger partial charge in [-0.05, 0) is 31.5 Å². The van der Waals surface area contributed by atoms with Gasteiger partial charge in [-0.1, -0.05) is 6.07 Å². The summed E-state index contributed by atoms with van der Waals surface area (Å²) in [5.41, 5.74) is 0.665. The molecule has 6 heteroatoms. The summed E-state index contributed by atoms with van der Waals surface area (Å²) in [6, 6.07) is 5.64. The van der Waals surface area contributed by atoms with E-state index in [0.717, 1.165) is 49.3 Å². The molecule has 1 aliphatic heterocycles. The van der Waals surface area contributed by atoms with Crippen LogP contribution in [0.1, 0.15) is 18.9 Å². The second-order valence-corrected chi connectivity index (χ2v) is 5.82. The zero-order valence-electron chi connectivity index (χ0n) is 12.9. The second-order valence-electron chi connectivity index (χ2n) is 5.82. The fourth-order valence-corrected chi connectivity index (χ4v) is 3.06. The van der Waals surface area contributed by atoms with Crippen molar-refractivity contribution in [1.82, 2.24) is 4.98 Å². The molecule has 1 aromatic heterocycles. The number of aromatic nitrogens is 1. The van der Waals surface area contributed by atoms with Crippen LogP contribution in [0.2, 0.25) is 0 Å². The first-order valence-corrected chi connectivity index (χ1v) is 7.77. The topological polar surface area (TPSA) is 25.4 Å². The number of pyridine rings is 1. The molecule has 1 aliphatic rings. The molecule has 1 saturated heterocycles. The zero-order chi connectivity index (χ0) is 16.4. The van der Waals surface area contributed by atoms with Gasteiger partial charge in [0.25, 0.3) is 0 Å². The molecule has 3 rings (SSSR count). The normalized spacial score (nSPS) is 18.8. The Morgan fingerprint density at radius 3 is 2.87 bits per heavy atom. The Bertz CT molecular complexity index is 687. The molecule has 0 N–H and O–H groups in total. The second kappa shape index (κ2) is 6.35. The lowest BCUT2D eigenvalue weighted by molar-refractivity contribution is -0.137. The standard InChI is InChI=1S/C17H19F3N2O/c1-2-23-11-12-6-8-22(10-12)16-5-7-21-15-9-13(17(18,19)20)3-4-14(15)16/h3-5,7,9,12H,2,6,8,10-11H2,1H3. The van der Waals surface area contributed by atoms with Gasteiger partial charge in [0.1, 0.15) is 0 Å². The maximum atomic E-state index is 12.8. The smallest absolute Gasteiger partial charge is 0.381 e. The average molecular weight is 324 g/mol. The number of hydrogen-bond donors (Lipinski definition) is 0. The molecule has 1 fully saturated rings. The monoisotopic (exact) mass is 324 g/mol.